The Kier molecular flexibility index (Phi) is 5.74. The van der Waals surface area contributed by atoms with Crippen LogP contribution in [-0.2, 0) is 6.42 Å². The molecular weight excluding hydrogens is 537 g/mol. The second-order valence-corrected chi connectivity index (χ2v) is 13.0. The zero-order valence-electron chi connectivity index (χ0n) is 23.9. The largest absolute Gasteiger partial charge is 0.140 e. The average molecular weight is 567 g/mol. The lowest BCUT2D eigenvalue weighted by atomic mass is 9.82. The molecule has 0 aliphatic heterocycles. The fourth-order valence-electron chi connectivity index (χ4n) is 7.47. The molecule has 0 bridgehead atoms. The van der Waals surface area contributed by atoms with Gasteiger partial charge in [0.15, 0.2) is 0 Å². The summed E-state index contributed by atoms with van der Waals surface area (Å²) in [5.74, 6) is 0. The first-order valence-electron chi connectivity index (χ1n) is 15.4. The second kappa shape index (κ2) is 9.93. The van der Waals surface area contributed by atoms with Crippen LogP contribution < -0.4 is 0 Å². The van der Waals surface area contributed by atoms with E-state index in [1.54, 1.807) is 0 Å². The van der Waals surface area contributed by atoms with E-state index in [1.807, 2.05) is 11.3 Å². The van der Waals surface area contributed by atoms with Gasteiger partial charge in [-0.25, -0.2) is 0 Å². The minimum atomic E-state index is 1.03. The average Bonchev–Trinajstić information content (AvgIpc) is 3.45. The van der Waals surface area contributed by atoms with Gasteiger partial charge in [0.25, 0.3) is 0 Å². The highest BCUT2D eigenvalue weighted by molar-refractivity contribution is 7.19. The van der Waals surface area contributed by atoms with Crippen LogP contribution in [0.15, 0.2) is 127 Å². The van der Waals surface area contributed by atoms with Crippen molar-refractivity contribution in [1.29, 1.82) is 0 Å². The first kappa shape index (κ1) is 24.8. The smallest absolute Gasteiger partial charge is 0.0352 e. The molecule has 43 heavy (non-hydrogen) atoms. The minimum absolute atomic E-state index is 1.03. The quantitative estimate of drug-likeness (QED) is 0.187. The monoisotopic (exact) mass is 566 g/mol. The third-order valence-electron chi connectivity index (χ3n) is 9.45. The number of fused-ring (bicyclic) bond motifs is 6. The van der Waals surface area contributed by atoms with Crippen LogP contribution in [0.5, 0.6) is 0 Å². The number of aryl methyl sites for hydroxylation is 1. The van der Waals surface area contributed by atoms with E-state index in [0.29, 0.717) is 0 Å². The fourth-order valence-corrected chi connectivity index (χ4v) is 8.66. The summed E-state index contributed by atoms with van der Waals surface area (Å²) in [5, 5.41) is 9.40. The van der Waals surface area contributed by atoms with Gasteiger partial charge in [0.1, 0.15) is 0 Å². The van der Waals surface area contributed by atoms with Crippen molar-refractivity contribution in [1.82, 2.24) is 0 Å². The zero-order valence-corrected chi connectivity index (χ0v) is 24.8. The molecule has 0 amide bonds. The molecule has 204 valence electrons. The maximum atomic E-state index is 2.45. The van der Waals surface area contributed by atoms with Gasteiger partial charge < -0.3 is 0 Å². The van der Waals surface area contributed by atoms with Gasteiger partial charge in [-0.05, 0) is 109 Å². The molecular formula is C42H30S. The Bertz CT molecular complexity index is 2280. The van der Waals surface area contributed by atoms with E-state index < -0.39 is 0 Å². The molecule has 0 saturated carbocycles. The SMILES string of the molecule is C1=Cc2c(sc3ccc(-c4c5ccccc5c(C5=CC=C(c6cccc7ccccc67)CC5)c5ccccc45)cc23)CC1. The summed E-state index contributed by atoms with van der Waals surface area (Å²) in [5.41, 5.74) is 9.68. The topological polar surface area (TPSA) is 0 Å². The summed E-state index contributed by atoms with van der Waals surface area (Å²) in [4.78, 5) is 1.53. The van der Waals surface area contributed by atoms with Crippen molar-refractivity contribution in [3.8, 4) is 11.1 Å². The lowest BCUT2D eigenvalue weighted by Gasteiger charge is -2.22. The Morgan fingerprint density at radius 3 is 1.91 bits per heavy atom. The summed E-state index contributed by atoms with van der Waals surface area (Å²) in [6, 6.07) is 40.7. The van der Waals surface area contributed by atoms with Crippen molar-refractivity contribution in [3.63, 3.8) is 0 Å². The number of allylic oxidation sites excluding steroid dienone is 5. The summed E-state index contributed by atoms with van der Waals surface area (Å²) in [6.45, 7) is 0. The summed E-state index contributed by atoms with van der Waals surface area (Å²) in [7, 11) is 0. The second-order valence-electron chi connectivity index (χ2n) is 11.8. The molecule has 6 aromatic carbocycles. The van der Waals surface area contributed by atoms with E-state index in [-0.39, 0.29) is 0 Å². The number of benzene rings is 6. The van der Waals surface area contributed by atoms with E-state index in [4.69, 9.17) is 0 Å². The Morgan fingerprint density at radius 2 is 1.16 bits per heavy atom. The number of rotatable bonds is 3. The van der Waals surface area contributed by atoms with Crippen molar-refractivity contribution in [2.45, 2.75) is 25.7 Å². The van der Waals surface area contributed by atoms with E-state index >= 15 is 0 Å². The van der Waals surface area contributed by atoms with Crippen LogP contribution in [0.4, 0.5) is 0 Å². The molecule has 7 aromatic rings. The maximum Gasteiger partial charge on any atom is 0.0352 e. The van der Waals surface area contributed by atoms with Crippen LogP contribution in [0.1, 0.15) is 40.8 Å². The van der Waals surface area contributed by atoms with E-state index in [1.165, 1.54) is 86.2 Å². The fraction of sp³-hybridized carbons (Fsp3) is 0.0952. The van der Waals surface area contributed by atoms with Crippen LogP contribution in [0.2, 0.25) is 0 Å². The third-order valence-corrected chi connectivity index (χ3v) is 10.7. The van der Waals surface area contributed by atoms with Crippen molar-refractivity contribution in [3.05, 3.63) is 149 Å². The van der Waals surface area contributed by atoms with E-state index in [9.17, 15) is 0 Å². The van der Waals surface area contributed by atoms with Crippen molar-refractivity contribution < 1.29 is 0 Å². The van der Waals surface area contributed by atoms with E-state index in [2.05, 4.69) is 133 Å². The molecule has 9 rings (SSSR count). The number of hydrogen-bond acceptors (Lipinski definition) is 1. The Labute approximate surface area is 255 Å². The summed E-state index contributed by atoms with van der Waals surface area (Å²) < 4.78 is 1.40. The Morgan fingerprint density at radius 1 is 0.512 bits per heavy atom. The van der Waals surface area contributed by atoms with Crippen molar-refractivity contribution >= 4 is 71.0 Å². The zero-order chi connectivity index (χ0) is 28.3. The summed E-state index contributed by atoms with van der Waals surface area (Å²) in [6.07, 6.45) is 13.8. The Hall–Kier alpha value is -4.72. The van der Waals surface area contributed by atoms with Gasteiger partial charge in [-0.2, -0.15) is 0 Å². The predicted octanol–water partition coefficient (Wildman–Crippen LogP) is 12.2. The van der Waals surface area contributed by atoms with Gasteiger partial charge >= 0.3 is 0 Å². The molecule has 0 atom stereocenters. The predicted molar refractivity (Wildman–Crippen MR) is 189 cm³/mol. The third kappa shape index (κ3) is 3.96. The molecule has 1 heterocycles. The number of thiophene rings is 1. The normalized spacial score (nSPS) is 14.8. The van der Waals surface area contributed by atoms with Crippen LogP contribution in [-0.4, -0.2) is 0 Å². The molecule has 0 spiro atoms. The van der Waals surface area contributed by atoms with Gasteiger partial charge in [-0.15, -0.1) is 11.3 Å². The molecule has 1 heteroatoms. The summed E-state index contributed by atoms with van der Waals surface area (Å²) >= 11 is 1.97. The van der Waals surface area contributed by atoms with Crippen LogP contribution in [0.3, 0.4) is 0 Å². The standard InChI is InChI=1S/C42H30S/c1-2-12-31-27(10-1)11-9-18-32(31)28-20-22-29(23-21-28)41-34-14-3-5-16-36(34)42(37-17-6-4-15-35(37)41)30-24-25-40-38(26-30)33-13-7-8-19-39(33)43-40/h1-7,9-18,20,22,24-26H,8,19,21,23H2. The first-order valence-corrected chi connectivity index (χ1v) is 16.2. The molecule has 1 aromatic heterocycles. The Balaban J connectivity index is 1.25. The van der Waals surface area contributed by atoms with E-state index in [0.717, 1.165) is 25.7 Å². The van der Waals surface area contributed by atoms with Crippen LogP contribution in [0.25, 0.3) is 70.8 Å². The maximum absolute atomic E-state index is 2.45. The minimum Gasteiger partial charge on any atom is -0.140 e. The molecule has 2 aliphatic rings. The van der Waals surface area contributed by atoms with Gasteiger partial charge in [-0.1, -0.05) is 121 Å². The number of hydrogen-bond donors (Lipinski definition) is 0. The van der Waals surface area contributed by atoms with Gasteiger partial charge in [0.2, 0.25) is 0 Å². The highest BCUT2D eigenvalue weighted by atomic mass is 32.1. The van der Waals surface area contributed by atoms with Gasteiger partial charge in [0, 0.05) is 15.0 Å². The molecule has 0 unspecified atom stereocenters. The molecule has 0 nitrogen and oxygen atoms in total. The van der Waals surface area contributed by atoms with Crippen LogP contribution in [0, 0.1) is 0 Å². The van der Waals surface area contributed by atoms with Crippen molar-refractivity contribution in [2.75, 3.05) is 0 Å². The molecule has 0 radical (unpaired) electrons. The molecule has 2 aliphatic carbocycles. The molecule has 0 fully saturated rings. The highest BCUT2D eigenvalue weighted by Gasteiger charge is 2.21. The first-order chi connectivity index (χ1) is 21.3. The molecule has 0 saturated heterocycles. The van der Waals surface area contributed by atoms with Gasteiger partial charge in [0.05, 0.1) is 0 Å². The highest BCUT2D eigenvalue weighted by Crippen LogP contribution is 2.46. The van der Waals surface area contributed by atoms with Crippen molar-refractivity contribution in [2.24, 2.45) is 0 Å². The van der Waals surface area contributed by atoms with Gasteiger partial charge in [-0.3, -0.25) is 0 Å². The van der Waals surface area contributed by atoms with Crippen LogP contribution >= 0.6 is 11.3 Å². The molecule has 0 N–H and O–H groups in total. The lowest BCUT2D eigenvalue weighted by molar-refractivity contribution is 1.02. The lowest BCUT2D eigenvalue weighted by Crippen LogP contribution is -1.98.